The van der Waals surface area contributed by atoms with Crippen molar-refractivity contribution in [2.24, 2.45) is 5.73 Å². The van der Waals surface area contributed by atoms with Gasteiger partial charge >= 0.3 is 5.97 Å². The number of nitrogens with two attached hydrogens (primary N) is 1. The maximum absolute atomic E-state index is 12.8. The Bertz CT molecular complexity index is 1270. The lowest BCUT2D eigenvalue weighted by Crippen LogP contribution is -2.42. The maximum Gasteiger partial charge on any atom is 0.306 e. The molecule has 1 atom stereocenters. The lowest BCUT2D eigenvalue weighted by molar-refractivity contribution is -0.137. The number of nitrogens with one attached hydrogen (secondary N) is 2. The molecule has 0 saturated heterocycles. The minimum atomic E-state index is -4.20. The van der Waals surface area contributed by atoms with Gasteiger partial charge in [-0.2, -0.15) is 4.72 Å². The summed E-state index contributed by atoms with van der Waals surface area (Å²) < 4.78 is 33.6. The highest BCUT2D eigenvalue weighted by Crippen LogP contribution is 2.28. The molecule has 0 spiro atoms. The van der Waals surface area contributed by atoms with Crippen molar-refractivity contribution in [3.8, 4) is 5.75 Å². The summed E-state index contributed by atoms with van der Waals surface area (Å²) in [6, 6.07) is 13.5. The van der Waals surface area contributed by atoms with Crippen LogP contribution in [0.15, 0.2) is 59.6 Å². The predicted molar refractivity (Wildman–Crippen MR) is 122 cm³/mol. The minimum Gasteiger partial charge on any atom is -0.492 e. The van der Waals surface area contributed by atoms with Gasteiger partial charge in [-0.15, -0.1) is 0 Å². The third-order valence-corrected chi connectivity index (χ3v) is 6.15. The maximum atomic E-state index is 12.8. The molecule has 3 aromatic rings. The number of carboxylic acid groups (broad SMARTS) is 1. The van der Waals surface area contributed by atoms with Gasteiger partial charge in [-0.05, 0) is 29.8 Å². The van der Waals surface area contributed by atoms with Crippen LogP contribution in [0.5, 0.6) is 5.75 Å². The molecule has 5 N–H and O–H groups in total. The van der Waals surface area contributed by atoms with Crippen molar-refractivity contribution in [2.75, 3.05) is 11.9 Å². The highest BCUT2D eigenvalue weighted by molar-refractivity contribution is 7.89. The number of ether oxygens (including phenoxy) is 1. The zero-order chi connectivity index (χ0) is 24.0. The van der Waals surface area contributed by atoms with Gasteiger partial charge in [0, 0.05) is 36.7 Å². The second kappa shape index (κ2) is 10.4. The number of benzene rings is 2. The molecule has 0 aliphatic rings. The van der Waals surface area contributed by atoms with Gasteiger partial charge < -0.3 is 20.9 Å². The number of carbonyl (C=O) groups excluding carboxylic acids is 1. The van der Waals surface area contributed by atoms with Crippen LogP contribution in [0.3, 0.4) is 0 Å². The van der Waals surface area contributed by atoms with E-state index >= 15 is 0 Å². The molecule has 0 bridgehead atoms. The molecule has 1 amide bonds. The number of carbonyl (C=O) groups is 2. The number of sulfonamides is 1. The van der Waals surface area contributed by atoms with E-state index in [-0.39, 0.29) is 23.2 Å². The van der Waals surface area contributed by atoms with Gasteiger partial charge in [-0.3, -0.25) is 14.6 Å². The zero-order valence-electron chi connectivity index (χ0n) is 17.8. The number of aliphatic carboxylic acids is 1. The molecule has 0 radical (unpaired) electrons. The van der Waals surface area contributed by atoms with Gasteiger partial charge in [0.15, 0.2) is 0 Å². The average Bonchev–Trinajstić information content (AvgIpc) is 2.72. The van der Waals surface area contributed by atoms with E-state index in [4.69, 9.17) is 15.6 Å². The van der Waals surface area contributed by atoms with Crippen LogP contribution < -0.4 is 20.5 Å². The number of hydrogen-bond donors (Lipinski definition) is 4. The van der Waals surface area contributed by atoms with E-state index in [2.05, 4.69) is 15.0 Å². The summed E-state index contributed by atoms with van der Waals surface area (Å²) in [5, 5.41) is 12.4. The summed E-state index contributed by atoms with van der Waals surface area (Å²) in [6.45, 7) is 1.47. The predicted octanol–water partition coefficient (Wildman–Crippen LogP) is 1.85. The summed E-state index contributed by atoms with van der Waals surface area (Å²) in [5.74, 6) is -1.58. The number of carboxylic acids is 1. The highest BCUT2D eigenvalue weighted by Gasteiger charge is 2.24. The van der Waals surface area contributed by atoms with E-state index in [1.165, 1.54) is 25.1 Å². The fourth-order valence-corrected chi connectivity index (χ4v) is 4.51. The number of anilines is 1. The standard InChI is InChI=1S/C22H24N4O6S/c1-14(27)25-16-7-8-20(33(30,31)26-21(23)13-22(28)29)19(12-16)32-11-9-15-4-2-6-18-17(15)5-3-10-24-18/h2-8,10,12,21,26H,9,11,13,23H2,1H3,(H,25,27)(H,28,29). The van der Waals surface area contributed by atoms with Crippen molar-refractivity contribution in [1.29, 1.82) is 0 Å². The van der Waals surface area contributed by atoms with Crippen LogP contribution >= 0.6 is 0 Å². The molecule has 33 heavy (non-hydrogen) atoms. The molecule has 1 aromatic heterocycles. The molecule has 0 fully saturated rings. The van der Waals surface area contributed by atoms with Gasteiger partial charge in [0.1, 0.15) is 10.6 Å². The topological polar surface area (TPSA) is 161 Å². The van der Waals surface area contributed by atoms with Gasteiger partial charge in [-0.1, -0.05) is 18.2 Å². The van der Waals surface area contributed by atoms with E-state index in [0.717, 1.165) is 16.5 Å². The first-order valence-electron chi connectivity index (χ1n) is 10.0. The molecule has 1 heterocycles. The van der Waals surface area contributed by atoms with Gasteiger partial charge in [0.25, 0.3) is 0 Å². The lowest BCUT2D eigenvalue weighted by atomic mass is 10.1. The lowest BCUT2D eigenvalue weighted by Gasteiger charge is -2.17. The molecule has 10 nitrogen and oxygen atoms in total. The molecule has 174 valence electrons. The Kier molecular flexibility index (Phi) is 7.59. The Hall–Kier alpha value is -3.54. The smallest absolute Gasteiger partial charge is 0.306 e. The molecule has 3 rings (SSSR count). The van der Waals surface area contributed by atoms with Crippen LogP contribution in [-0.4, -0.2) is 43.2 Å². The zero-order valence-corrected chi connectivity index (χ0v) is 18.6. The van der Waals surface area contributed by atoms with Crippen molar-refractivity contribution in [1.82, 2.24) is 9.71 Å². The van der Waals surface area contributed by atoms with Gasteiger partial charge in [-0.25, -0.2) is 8.42 Å². The number of amides is 1. The minimum absolute atomic E-state index is 0.00497. The Balaban J connectivity index is 1.85. The van der Waals surface area contributed by atoms with E-state index in [1.807, 2.05) is 30.3 Å². The highest BCUT2D eigenvalue weighted by atomic mass is 32.2. The van der Waals surface area contributed by atoms with E-state index < -0.39 is 28.6 Å². The monoisotopic (exact) mass is 472 g/mol. The summed E-state index contributed by atoms with van der Waals surface area (Å²) in [6.07, 6.45) is 0.265. The summed E-state index contributed by atoms with van der Waals surface area (Å²) in [7, 11) is -4.20. The molecule has 2 aromatic carbocycles. The molecule has 0 aliphatic heterocycles. The van der Waals surface area contributed by atoms with Crippen molar-refractivity contribution in [3.63, 3.8) is 0 Å². The molecule has 0 aliphatic carbocycles. The van der Waals surface area contributed by atoms with E-state index in [1.54, 1.807) is 6.20 Å². The number of hydrogen-bond acceptors (Lipinski definition) is 7. The van der Waals surface area contributed by atoms with Crippen molar-refractivity contribution >= 4 is 38.5 Å². The fourth-order valence-electron chi connectivity index (χ4n) is 3.27. The van der Waals surface area contributed by atoms with Crippen LogP contribution in [0.2, 0.25) is 0 Å². The number of aromatic nitrogens is 1. The SMILES string of the molecule is CC(=O)Nc1ccc(S(=O)(=O)NC(N)CC(=O)O)c(OCCc2cccc3ncccc23)c1. The van der Waals surface area contributed by atoms with Crippen LogP contribution in [0, 0.1) is 0 Å². The van der Waals surface area contributed by atoms with Crippen molar-refractivity contribution in [3.05, 3.63) is 60.3 Å². The van der Waals surface area contributed by atoms with Crippen LogP contribution in [-0.2, 0) is 26.0 Å². The average molecular weight is 473 g/mol. The van der Waals surface area contributed by atoms with Gasteiger partial charge in [0.2, 0.25) is 15.9 Å². The second-order valence-corrected chi connectivity index (χ2v) is 8.94. The van der Waals surface area contributed by atoms with Crippen LogP contribution in [0.4, 0.5) is 5.69 Å². The number of rotatable bonds is 10. The second-order valence-electron chi connectivity index (χ2n) is 7.25. The summed E-state index contributed by atoms with van der Waals surface area (Å²) in [5.41, 5.74) is 7.76. The third kappa shape index (κ3) is 6.48. The quantitative estimate of drug-likeness (QED) is 0.325. The molecule has 0 saturated carbocycles. The first kappa shape index (κ1) is 24.1. The molecular formula is C22H24N4O6S. The third-order valence-electron chi connectivity index (χ3n) is 4.62. The van der Waals surface area contributed by atoms with Crippen molar-refractivity contribution < 1.29 is 27.9 Å². The molecular weight excluding hydrogens is 448 g/mol. The van der Waals surface area contributed by atoms with E-state index in [0.29, 0.717) is 12.1 Å². The first-order valence-corrected chi connectivity index (χ1v) is 11.5. The Labute approximate surface area is 190 Å². The number of fused-ring (bicyclic) bond motifs is 1. The van der Waals surface area contributed by atoms with Crippen LogP contribution in [0.1, 0.15) is 18.9 Å². The fraction of sp³-hybridized carbons (Fsp3) is 0.227. The largest absolute Gasteiger partial charge is 0.492 e. The summed E-state index contributed by atoms with van der Waals surface area (Å²) in [4.78, 5) is 26.3. The Morgan fingerprint density at radius 1 is 1.18 bits per heavy atom. The van der Waals surface area contributed by atoms with E-state index in [9.17, 15) is 18.0 Å². The number of nitrogens with zero attached hydrogens (tertiary/aromatic N) is 1. The Morgan fingerprint density at radius 3 is 2.70 bits per heavy atom. The molecule has 11 heteroatoms. The molecule has 1 unspecified atom stereocenters. The first-order chi connectivity index (χ1) is 15.7. The number of pyridine rings is 1. The normalized spacial score (nSPS) is 12.3. The van der Waals surface area contributed by atoms with Crippen molar-refractivity contribution in [2.45, 2.75) is 30.8 Å². The summed E-state index contributed by atoms with van der Waals surface area (Å²) >= 11 is 0. The van der Waals surface area contributed by atoms with Crippen LogP contribution in [0.25, 0.3) is 10.9 Å². The Morgan fingerprint density at radius 2 is 1.97 bits per heavy atom. The van der Waals surface area contributed by atoms with Gasteiger partial charge in [0.05, 0.1) is 24.7 Å².